The van der Waals surface area contributed by atoms with Crippen molar-refractivity contribution in [2.75, 3.05) is 30.9 Å². The van der Waals surface area contributed by atoms with Crippen LogP contribution in [0.3, 0.4) is 0 Å². The minimum atomic E-state index is -0.344. The molecule has 0 aromatic heterocycles. The van der Waals surface area contributed by atoms with E-state index in [9.17, 15) is 9.59 Å². The number of amides is 3. The van der Waals surface area contributed by atoms with E-state index >= 15 is 0 Å². The number of carbonyl (C=O) groups excluding carboxylic acids is 2. The van der Waals surface area contributed by atoms with Gasteiger partial charge < -0.3 is 25.4 Å². The Morgan fingerprint density at radius 1 is 1.24 bits per heavy atom. The first-order valence-corrected chi connectivity index (χ1v) is 7.90. The van der Waals surface area contributed by atoms with E-state index in [2.05, 4.69) is 16.0 Å². The molecule has 1 aliphatic rings. The SMILES string of the molecule is COc1ccccc1CCNC(=O)Nc1cccc2c1OCC(=O)N2. The zero-order valence-electron chi connectivity index (χ0n) is 13.8. The highest BCUT2D eigenvalue weighted by Gasteiger charge is 2.19. The molecule has 0 saturated carbocycles. The number of rotatable bonds is 5. The van der Waals surface area contributed by atoms with Crippen LogP contribution in [-0.2, 0) is 11.2 Å². The number of para-hydroxylation sites is 2. The smallest absolute Gasteiger partial charge is 0.319 e. The molecule has 0 fully saturated rings. The quantitative estimate of drug-likeness (QED) is 0.779. The van der Waals surface area contributed by atoms with Crippen LogP contribution in [0.15, 0.2) is 42.5 Å². The summed E-state index contributed by atoms with van der Waals surface area (Å²) in [6.07, 6.45) is 0.650. The minimum absolute atomic E-state index is 0.0683. The Hall–Kier alpha value is -3.22. The summed E-state index contributed by atoms with van der Waals surface area (Å²) in [5.41, 5.74) is 2.07. The Morgan fingerprint density at radius 2 is 2.08 bits per heavy atom. The van der Waals surface area contributed by atoms with Crippen molar-refractivity contribution in [2.45, 2.75) is 6.42 Å². The molecule has 3 amide bonds. The number of anilines is 2. The maximum absolute atomic E-state index is 12.1. The number of hydrogen-bond donors (Lipinski definition) is 3. The predicted octanol–water partition coefficient (Wildman–Crippen LogP) is 2.39. The molecule has 0 saturated heterocycles. The van der Waals surface area contributed by atoms with Gasteiger partial charge in [0.1, 0.15) is 5.75 Å². The highest BCUT2D eigenvalue weighted by atomic mass is 16.5. The van der Waals surface area contributed by atoms with Crippen molar-refractivity contribution in [1.82, 2.24) is 5.32 Å². The maximum atomic E-state index is 12.1. The zero-order valence-corrected chi connectivity index (χ0v) is 13.8. The summed E-state index contributed by atoms with van der Waals surface area (Å²) in [5, 5.41) is 8.24. The summed E-state index contributed by atoms with van der Waals surface area (Å²) in [5.74, 6) is 1.04. The molecule has 3 N–H and O–H groups in total. The second kappa shape index (κ2) is 7.57. The van der Waals surface area contributed by atoms with Crippen LogP contribution in [0, 0.1) is 0 Å². The van der Waals surface area contributed by atoms with E-state index < -0.39 is 0 Å². The van der Waals surface area contributed by atoms with Gasteiger partial charge in [-0.05, 0) is 30.2 Å². The van der Waals surface area contributed by atoms with Gasteiger partial charge in [0, 0.05) is 6.54 Å². The predicted molar refractivity (Wildman–Crippen MR) is 94.3 cm³/mol. The molecule has 0 spiro atoms. The number of hydrogen-bond acceptors (Lipinski definition) is 4. The maximum Gasteiger partial charge on any atom is 0.319 e. The topological polar surface area (TPSA) is 88.7 Å². The average Bonchev–Trinajstić information content (AvgIpc) is 2.62. The summed E-state index contributed by atoms with van der Waals surface area (Å²) in [6, 6.07) is 12.5. The van der Waals surface area contributed by atoms with Gasteiger partial charge >= 0.3 is 6.03 Å². The minimum Gasteiger partial charge on any atom is -0.496 e. The molecule has 7 nitrogen and oxygen atoms in total. The van der Waals surface area contributed by atoms with Gasteiger partial charge in [0.2, 0.25) is 0 Å². The van der Waals surface area contributed by atoms with E-state index in [4.69, 9.17) is 9.47 Å². The van der Waals surface area contributed by atoms with Crippen LogP contribution < -0.4 is 25.4 Å². The Kier molecular flexibility index (Phi) is 5.03. The molecule has 0 bridgehead atoms. The lowest BCUT2D eigenvalue weighted by Crippen LogP contribution is -2.31. The molecule has 25 heavy (non-hydrogen) atoms. The largest absolute Gasteiger partial charge is 0.496 e. The lowest BCUT2D eigenvalue weighted by atomic mass is 10.1. The highest BCUT2D eigenvalue weighted by molar-refractivity contribution is 5.99. The second-order valence-corrected chi connectivity index (χ2v) is 5.46. The standard InChI is InChI=1S/C18H19N3O4/c1-24-15-8-3-2-5-12(15)9-10-19-18(23)21-14-7-4-6-13-17(14)25-11-16(22)20-13/h2-8H,9-11H2,1H3,(H,20,22)(H2,19,21,23). The molecule has 0 radical (unpaired) electrons. The molecule has 3 rings (SSSR count). The van der Waals surface area contributed by atoms with Crippen molar-refractivity contribution in [1.29, 1.82) is 0 Å². The lowest BCUT2D eigenvalue weighted by molar-refractivity contribution is -0.118. The highest BCUT2D eigenvalue weighted by Crippen LogP contribution is 2.35. The van der Waals surface area contributed by atoms with Gasteiger partial charge in [-0.3, -0.25) is 4.79 Å². The monoisotopic (exact) mass is 341 g/mol. The third-order valence-electron chi connectivity index (χ3n) is 3.76. The Labute approximate surface area is 145 Å². The van der Waals surface area contributed by atoms with Crippen molar-refractivity contribution in [3.8, 4) is 11.5 Å². The Balaban J connectivity index is 1.57. The van der Waals surface area contributed by atoms with Crippen LogP contribution in [0.5, 0.6) is 11.5 Å². The molecular formula is C18H19N3O4. The summed E-state index contributed by atoms with van der Waals surface area (Å²) in [4.78, 5) is 23.5. The fraction of sp³-hybridized carbons (Fsp3) is 0.222. The number of methoxy groups -OCH3 is 1. The van der Waals surface area contributed by atoms with E-state index in [-0.39, 0.29) is 18.5 Å². The van der Waals surface area contributed by atoms with E-state index in [1.54, 1.807) is 25.3 Å². The van der Waals surface area contributed by atoms with Crippen LogP contribution in [0.1, 0.15) is 5.56 Å². The van der Waals surface area contributed by atoms with Crippen LogP contribution >= 0.6 is 0 Å². The van der Waals surface area contributed by atoms with Gasteiger partial charge in [-0.15, -0.1) is 0 Å². The van der Waals surface area contributed by atoms with Crippen molar-refractivity contribution in [2.24, 2.45) is 0 Å². The third-order valence-corrected chi connectivity index (χ3v) is 3.76. The Bertz CT molecular complexity index is 792. The first kappa shape index (κ1) is 16.6. The van der Waals surface area contributed by atoms with Crippen LogP contribution in [0.2, 0.25) is 0 Å². The van der Waals surface area contributed by atoms with Gasteiger partial charge in [0.15, 0.2) is 12.4 Å². The molecule has 2 aromatic carbocycles. The van der Waals surface area contributed by atoms with Crippen LogP contribution in [-0.4, -0.2) is 32.2 Å². The van der Waals surface area contributed by atoms with Gasteiger partial charge in [0.05, 0.1) is 18.5 Å². The van der Waals surface area contributed by atoms with Crippen molar-refractivity contribution in [3.63, 3.8) is 0 Å². The first-order chi connectivity index (χ1) is 12.2. The molecule has 0 atom stereocenters. The number of nitrogens with one attached hydrogen (secondary N) is 3. The average molecular weight is 341 g/mol. The molecule has 0 aliphatic carbocycles. The van der Waals surface area contributed by atoms with Crippen molar-refractivity contribution in [3.05, 3.63) is 48.0 Å². The van der Waals surface area contributed by atoms with Gasteiger partial charge in [-0.25, -0.2) is 4.79 Å². The number of benzene rings is 2. The molecule has 130 valence electrons. The van der Waals surface area contributed by atoms with E-state index in [0.717, 1.165) is 11.3 Å². The summed E-state index contributed by atoms with van der Waals surface area (Å²) < 4.78 is 10.7. The number of urea groups is 1. The fourth-order valence-corrected chi connectivity index (χ4v) is 2.60. The second-order valence-electron chi connectivity index (χ2n) is 5.46. The van der Waals surface area contributed by atoms with Gasteiger partial charge in [-0.1, -0.05) is 24.3 Å². The van der Waals surface area contributed by atoms with Crippen molar-refractivity contribution < 1.29 is 19.1 Å². The molecule has 1 aliphatic heterocycles. The summed E-state index contributed by atoms with van der Waals surface area (Å²) >= 11 is 0. The lowest BCUT2D eigenvalue weighted by Gasteiger charge is -2.20. The van der Waals surface area contributed by atoms with Crippen LogP contribution in [0.4, 0.5) is 16.2 Å². The molecule has 0 unspecified atom stereocenters. The normalized spacial score (nSPS) is 12.4. The van der Waals surface area contributed by atoms with E-state index in [1.807, 2.05) is 24.3 Å². The number of fused-ring (bicyclic) bond motifs is 1. The first-order valence-electron chi connectivity index (χ1n) is 7.90. The number of carbonyl (C=O) groups is 2. The third kappa shape index (κ3) is 4.00. The van der Waals surface area contributed by atoms with E-state index in [1.165, 1.54) is 0 Å². The summed E-state index contributed by atoms with van der Waals surface area (Å²) in [7, 11) is 1.62. The Morgan fingerprint density at radius 3 is 2.92 bits per heavy atom. The molecule has 2 aromatic rings. The molecule has 1 heterocycles. The molecule has 7 heteroatoms. The fourth-order valence-electron chi connectivity index (χ4n) is 2.60. The van der Waals surface area contributed by atoms with Gasteiger partial charge in [0.25, 0.3) is 5.91 Å². The zero-order chi connectivity index (χ0) is 17.6. The van der Waals surface area contributed by atoms with Gasteiger partial charge in [-0.2, -0.15) is 0 Å². The van der Waals surface area contributed by atoms with Crippen molar-refractivity contribution >= 4 is 23.3 Å². The summed E-state index contributed by atoms with van der Waals surface area (Å²) in [6.45, 7) is 0.389. The van der Waals surface area contributed by atoms with Crippen LogP contribution in [0.25, 0.3) is 0 Å². The number of ether oxygens (including phenoxy) is 2. The van der Waals surface area contributed by atoms with E-state index in [0.29, 0.717) is 30.1 Å². The molecular weight excluding hydrogens is 322 g/mol.